The maximum atomic E-state index is 13.7. The number of benzene rings is 3. The molecule has 0 aliphatic heterocycles. The number of nitrogens with one attached hydrogen (secondary N) is 1. The molecule has 0 radical (unpaired) electrons. The van der Waals surface area contributed by atoms with Crippen LogP contribution in [0.2, 0.25) is 0 Å². The minimum absolute atomic E-state index is 0.0730. The molecule has 2 heterocycles. The van der Waals surface area contributed by atoms with Crippen molar-refractivity contribution in [3.63, 3.8) is 0 Å². The summed E-state index contributed by atoms with van der Waals surface area (Å²) in [6.07, 6.45) is 0.809. The number of nitrogens with zero attached hydrogens (tertiary/aromatic N) is 2. The molecule has 5 rings (SSSR count). The van der Waals surface area contributed by atoms with Gasteiger partial charge in [-0.3, -0.25) is 10.1 Å². The number of hydrogen-bond donors (Lipinski definition) is 1. The summed E-state index contributed by atoms with van der Waals surface area (Å²) < 4.78 is 11.7. The van der Waals surface area contributed by atoms with E-state index in [0.29, 0.717) is 27.7 Å². The normalized spacial score (nSPS) is 12.1. The smallest absolute Gasteiger partial charge is 0.262 e. The van der Waals surface area contributed by atoms with Gasteiger partial charge in [0.1, 0.15) is 5.56 Å². The third-order valence-electron chi connectivity index (χ3n) is 6.73. The van der Waals surface area contributed by atoms with Crippen molar-refractivity contribution in [3.05, 3.63) is 99.9 Å². The largest absolute Gasteiger partial charge is 0.493 e. The van der Waals surface area contributed by atoms with E-state index in [1.54, 1.807) is 13.2 Å². The lowest BCUT2D eigenvalue weighted by atomic mass is 9.86. The van der Waals surface area contributed by atoms with Gasteiger partial charge in [0.15, 0.2) is 16.5 Å². The monoisotopic (exact) mass is 551 g/mol. The van der Waals surface area contributed by atoms with Crippen LogP contribution in [-0.2, 0) is 11.8 Å². The van der Waals surface area contributed by atoms with Gasteiger partial charge in [-0.15, -0.1) is 11.3 Å². The van der Waals surface area contributed by atoms with Crippen molar-refractivity contribution in [1.82, 2.24) is 4.98 Å². The molecule has 0 saturated heterocycles. The Kier molecular flexibility index (Phi) is 7.59. The van der Waals surface area contributed by atoms with Crippen LogP contribution in [0.25, 0.3) is 22.2 Å². The van der Waals surface area contributed by atoms with Gasteiger partial charge < -0.3 is 9.15 Å². The number of thiazole rings is 1. The molecule has 204 valence electrons. The molecular formula is C33H33N3O3S. The van der Waals surface area contributed by atoms with Crippen LogP contribution in [0.3, 0.4) is 0 Å². The maximum Gasteiger partial charge on any atom is 0.262 e. The van der Waals surface area contributed by atoms with Gasteiger partial charge >= 0.3 is 0 Å². The summed E-state index contributed by atoms with van der Waals surface area (Å²) >= 11 is 1.48. The number of carbonyl (C=O) groups is 1. The van der Waals surface area contributed by atoms with Crippen LogP contribution >= 0.6 is 11.3 Å². The number of hydrogen-bond acceptors (Lipinski definition) is 6. The molecule has 3 aromatic carbocycles. The van der Waals surface area contributed by atoms with Crippen LogP contribution in [0.5, 0.6) is 5.75 Å². The molecule has 6 nitrogen and oxygen atoms in total. The van der Waals surface area contributed by atoms with Gasteiger partial charge in [0.25, 0.3) is 5.91 Å². The van der Waals surface area contributed by atoms with Crippen molar-refractivity contribution in [2.24, 2.45) is 4.99 Å². The van der Waals surface area contributed by atoms with Crippen molar-refractivity contribution < 1.29 is 13.9 Å². The van der Waals surface area contributed by atoms with E-state index in [2.05, 4.69) is 62.3 Å². The molecule has 0 atom stereocenters. The Hall–Kier alpha value is -4.23. The number of ether oxygens (including phenoxy) is 1. The van der Waals surface area contributed by atoms with Gasteiger partial charge in [-0.05, 0) is 48.6 Å². The molecule has 0 aliphatic rings. The summed E-state index contributed by atoms with van der Waals surface area (Å²) in [5.74, 6) is 0.227. The molecule has 0 bridgehead atoms. The van der Waals surface area contributed by atoms with Crippen LogP contribution < -0.4 is 15.6 Å². The molecule has 1 amide bonds. The number of para-hydroxylation sites is 1. The van der Waals surface area contributed by atoms with E-state index in [0.717, 1.165) is 33.5 Å². The Labute approximate surface area is 238 Å². The number of carbonyl (C=O) groups excluding carboxylic acids is 1. The van der Waals surface area contributed by atoms with E-state index in [9.17, 15) is 4.79 Å². The fraction of sp³-hybridized carbons (Fsp3) is 0.242. The number of fused-ring (bicyclic) bond motifs is 1. The van der Waals surface area contributed by atoms with Gasteiger partial charge in [-0.1, -0.05) is 81.8 Å². The molecule has 7 heteroatoms. The lowest BCUT2D eigenvalue weighted by molar-refractivity contribution is 0.102. The number of aryl methyl sites for hydroxylation is 2. The first-order valence-corrected chi connectivity index (χ1v) is 14.1. The number of aromatic nitrogens is 1. The molecule has 2 aromatic heterocycles. The molecule has 0 spiro atoms. The van der Waals surface area contributed by atoms with E-state index in [-0.39, 0.29) is 16.9 Å². The third kappa shape index (κ3) is 5.70. The number of methoxy groups -OCH3 is 1. The van der Waals surface area contributed by atoms with Crippen LogP contribution in [0, 0.1) is 6.92 Å². The Balaban J connectivity index is 1.54. The van der Waals surface area contributed by atoms with Crippen LogP contribution in [0.4, 0.5) is 10.8 Å². The van der Waals surface area contributed by atoms with Gasteiger partial charge in [-0.2, -0.15) is 0 Å². The Morgan fingerprint density at radius 3 is 2.42 bits per heavy atom. The van der Waals surface area contributed by atoms with E-state index >= 15 is 0 Å². The average molecular weight is 552 g/mol. The van der Waals surface area contributed by atoms with Crippen LogP contribution in [0.15, 0.2) is 82.2 Å². The first kappa shape index (κ1) is 27.3. The summed E-state index contributed by atoms with van der Waals surface area (Å²) in [7, 11) is 1.59. The van der Waals surface area contributed by atoms with Crippen molar-refractivity contribution in [2.75, 3.05) is 12.4 Å². The summed E-state index contributed by atoms with van der Waals surface area (Å²) in [6, 6.07) is 23.6. The van der Waals surface area contributed by atoms with Gasteiger partial charge in [0, 0.05) is 15.8 Å². The highest BCUT2D eigenvalue weighted by Crippen LogP contribution is 2.33. The maximum absolute atomic E-state index is 13.7. The predicted octanol–water partition coefficient (Wildman–Crippen LogP) is 8.22. The lowest BCUT2D eigenvalue weighted by Gasteiger charge is -2.19. The van der Waals surface area contributed by atoms with Gasteiger partial charge in [-0.25, -0.2) is 9.98 Å². The zero-order valence-electron chi connectivity index (χ0n) is 23.7. The minimum atomic E-state index is -0.342. The van der Waals surface area contributed by atoms with E-state index < -0.39 is 0 Å². The van der Waals surface area contributed by atoms with E-state index in [1.165, 1.54) is 16.9 Å². The second kappa shape index (κ2) is 11.1. The topological polar surface area (TPSA) is 76.7 Å². The fourth-order valence-corrected chi connectivity index (χ4v) is 5.35. The number of rotatable bonds is 6. The molecule has 1 N–H and O–H groups in total. The summed E-state index contributed by atoms with van der Waals surface area (Å²) in [4.78, 5) is 24.3. The first-order valence-electron chi connectivity index (χ1n) is 13.3. The van der Waals surface area contributed by atoms with Crippen LogP contribution in [0.1, 0.15) is 54.1 Å². The summed E-state index contributed by atoms with van der Waals surface area (Å²) in [6.45, 7) is 10.7. The summed E-state index contributed by atoms with van der Waals surface area (Å²) in [5.41, 5.74) is 6.09. The van der Waals surface area contributed by atoms with E-state index in [4.69, 9.17) is 14.1 Å². The third-order valence-corrected chi connectivity index (χ3v) is 7.85. The molecule has 5 aromatic rings. The van der Waals surface area contributed by atoms with Crippen molar-refractivity contribution in [1.29, 1.82) is 0 Å². The second-order valence-corrected chi connectivity index (χ2v) is 11.8. The quantitative estimate of drug-likeness (QED) is 0.231. The van der Waals surface area contributed by atoms with E-state index in [1.807, 2.05) is 49.4 Å². The average Bonchev–Trinajstić information content (AvgIpc) is 3.35. The predicted molar refractivity (Wildman–Crippen MR) is 163 cm³/mol. The number of amides is 1. The second-order valence-electron chi connectivity index (χ2n) is 10.7. The molecule has 0 unspecified atom stereocenters. The van der Waals surface area contributed by atoms with Crippen molar-refractivity contribution in [3.8, 4) is 17.0 Å². The van der Waals surface area contributed by atoms with Gasteiger partial charge in [0.2, 0.25) is 5.55 Å². The Morgan fingerprint density at radius 1 is 1.05 bits per heavy atom. The Morgan fingerprint density at radius 2 is 1.77 bits per heavy atom. The lowest BCUT2D eigenvalue weighted by Crippen LogP contribution is -2.21. The Bertz CT molecular complexity index is 1740. The highest BCUT2D eigenvalue weighted by Gasteiger charge is 2.19. The molecule has 40 heavy (non-hydrogen) atoms. The van der Waals surface area contributed by atoms with Crippen LogP contribution in [-0.4, -0.2) is 18.0 Å². The minimum Gasteiger partial charge on any atom is -0.493 e. The summed E-state index contributed by atoms with van der Waals surface area (Å²) in [5, 5.41) is 4.27. The van der Waals surface area contributed by atoms with Crippen molar-refractivity contribution >= 4 is 39.0 Å². The van der Waals surface area contributed by atoms with Gasteiger partial charge in [0.05, 0.1) is 18.5 Å². The molecule has 0 fully saturated rings. The number of anilines is 1. The zero-order valence-corrected chi connectivity index (χ0v) is 24.5. The first-order chi connectivity index (χ1) is 19.2. The molecule has 0 saturated carbocycles. The SMILES string of the molecule is CCc1sc(NC(=O)c2cc3cccc(OC)c3oc2=Nc2ccc(C)cc2)nc1-c1ccc(C(C)(C)C)cc1. The van der Waals surface area contributed by atoms with Crippen molar-refractivity contribution in [2.45, 2.75) is 46.5 Å². The standard InChI is InChI=1S/C33H33N3O3S/c1-7-27-28(21-13-15-23(16-14-21)33(3,4)5)35-32(40-27)36-30(37)25-19-22-9-8-10-26(38-6)29(22)39-31(25)34-24-17-11-20(2)12-18-24/h8-19H,7H2,1-6H3,(H,35,36,37). The fourth-order valence-electron chi connectivity index (χ4n) is 4.43. The zero-order chi connectivity index (χ0) is 28.4. The molecular weight excluding hydrogens is 518 g/mol. The molecule has 0 aliphatic carbocycles. The highest BCUT2D eigenvalue weighted by molar-refractivity contribution is 7.16. The highest BCUT2D eigenvalue weighted by atomic mass is 32.1.